The predicted octanol–water partition coefficient (Wildman–Crippen LogP) is 0.469. The quantitative estimate of drug-likeness (QED) is 0.202. The van der Waals surface area contributed by atoms with Crippen LogP contribution in [0.25, 0.3) is 0 Å². The fraction of sp³-hybridized carbons (Fsp3) is 0.636. The van der Waals surface area contributed by atoms with Crippen LogP contribution in [-0.2, 0) is 13.5 Å². The average molecular weight is 239 g/mol. The number of aromatic nitrogens is 2. The molecular weight excluding hydrogens is 218 g/mol. The van der Waals surface area contributed by atoms with Crippen LogP contribution in [0, 0.1) is 0 Å². The van der Waals surface area contributed by atoms with Crippen LogP contribution in [0.15, 0.2) is 17.5 Å². The van der Waals surface area contributed by atoms with E-state index >= 15 is 0 Å². The van der Waals surface area contributed by atoms with E-state index in [4.69, 9.17) is 10.9 Å². The summed E-state index contributed by atoms with van der Waals surface area (Å²) in [5.41, 5.74) is 6.61. The Morgan fingerprint density at radius 2 is 2.35 bits per heavy atom. The summed E-state index contributed by atoms with van der Waals surface area (Å²) >= 11 is 0. The maximum Gasteiger partial charge on any atom is 0.139 e. The Labute approximate surface area is 101 Å². The van der Waals surface area contributed by atoms with Gasteiger partial charge in [-0.05, 0) is 37.9 Å². The number of nitrogens with one attached hydrogen (secondary N) is 1. The number of aryl methyl sites for hydroxylation is 1. The molecule has 1 aromatic rings. The predicted molar refractivity (Wildman–Crippen MR) is 67.0 cm³/mol. The molecule has 1 rings (SSSR count). The summed E-state index contributed by atoms with van der Waals surface area (Å²) in [6, 6.07) is 0. The molecule has 0 radical (unpaired) electrons. The van der Waals surface area contributed by atoms with E-state index in [1.54, 1.807) is 0 Å². The van der Waals surface area contributed by atoms with Crippen LogP contribution in [0.4, 0.5) is 0 Å². The van der Waals surface area contributed by atoms with Gasteiger partial charge in [-0.2, -0.15) is 5.10 Å². The normalized spacial score (nSPS) is 11.9. The third kappa shape index (κ3) is 5.91. The molecular formula is C11H21N5O. The van der Waals surface area contributed by atoms with Gasteiger partial charge in [0.25, 0.3) is 0 Å². The molecule has 0 aliphatic rings. The zero-order valence-electron chi connectivity index (χ0n) is 10.3. The van der Waals surface area contributed by atoms with Crippen LogP contribution in [0.1, 0.15) is 24.8 Å². The Bertz CT molecular complexity index is 347. The fourth-order valence-corrected chi connectivity index (χ4v) is 1.56. The molecule has 0 saturated carbocycles. The average Bonchev–Trinajstić information content (AvgIpc) is 2.73. The monoisotopic (exact) mass is 239 g/mol. The molecule has 0 spiro atoms. The highest BCUT2D eigenvalue weighted by atomic mass is 16.4. The lowest BCUT2D eigenvalue weighted by molar-refractivity contribution is 0.316. The second-order valence-electron chi connectivity index (χ2n) is 4.07. The van der Waals surface area contributed by atoms with Crippen molar-refractivity contribution in [3.05, 3.63) is 18.0 Å². The van der Waals surface area contributed by atoms with Crippen molar-refractivity contribution < 1.29 is 5.21 Å². The highest BCUT2D eigenvalue weighted by Gasteiger charge is 1.96. The van der Waals surface area contributed by atoms with Gasteiger partial charge in [0.1, 0.15) is 5.84 Å². The van der Waals surface area contributed by atoms with Crippen molar-refractivity contribution in [1.82, 2.24) is 15.1 Å². The van der Waals surface area contributed by atoms with Gasteiger partial charge in [-0.25, -0.2) is 0 Å². The van der Waals surface area contributed by atoms with Gasteiger partial charge in [-0.15, -0.1) is 0 Å². The summed E-state index contributed by atoms with van der Waals surface area (Å²) < 4.78 is 1.81. The van der Waals surface area contributed by atoms with E-state index in [1.165, 1.54) is 5.56 Å². The van der Waals surface area contributed by atoms with Crippen LogP contribution in [0.3, 0.4) is 0 Å². The van der Waals surface area contributed by atoms with Gasteiger partial charge < -0.3 is 16.3 Å². The Morgan fingerprint density at radius 3 is 3.00 bits per heavy atom. The number of nitrogens with two attached hydrogens (primary N) is 1. The van der Waals surface area contributed by atoms with E-state index in [2.05, 4.69) is 15.6 Å². The first-order chi connectivity index (χ1) is 8.22. The second-order valence-corrected chi connectivity index (χ2v) is 4.07. The summed E-state index contributed by atoms with van der Waals surface area (Å²) in [6.07, 6.45) is 7.54. The summed E-state index contributed by atoms with van der Waals surface area (Å²) in [5, 5.41) is 18.7. The number of amidine groups is 1. The first-order valence-electron chi connectivity index (χ1n) is 5.87. The standard InChI is InChI=1S/C11H21N5O/c1-16-9-10(8-14-16)5-7-13-6-3-2-4-11(12)15-17/h8-9,13,17H,2-7H2,1H3,(H2,12,15). The van der Waals surface area contributed by atoms with Crippen molar-refractivity contribution in [1.29, 1.82) is 0 Å². The number of hydrogen-bond acceptors (Lipinski definition) is 4. The molecule has 1 aromatic heterocycles. The van der Waals surface area contributed by atoms with E-state index in [1.807, 2.05) is 24.1 Å². The maximum atomic E-state index is 8.34. The zero-order valence-corrected chi connectivity index (χ0v) is 10.3. The van der Waals surface area contributed by atoms with Crippen LogP contribution < -0.4 is 11.1 Å². The van der Waals surface area contributed by atoms with E-state index in [0.29, 0.717) is 12.3 Å². The van der Waals surface area contributed by atoms with Gasteiger partial charge in [0, 0.05) is 19.7 Å². The summed E-state index contributed by atoms with van der Waals surface area (Å²) in [6.45, 7) is 1.91. The molecule has 0 atom stereocenters. The smallest absolute Gasteiger partial charge is 0.139 e. The van der Waals surface area contributed by atoms with Crippen LogP contribution in [0.5, 0.6) is 0 Å². The highest BCUT2D eigenvalue weighted by Crippen LogP contribution is 1.97. The van der Waals surface area contributed by atoms with Gasteiger partial charge in [0.15, 0.2) is 0 Å². The molecule has 0 bridgehead atoms. The van der Waals surface area contributed by atoms with Gasteiger partial charge >= 0.3 is 0 Å². The Kier molecular flexibility index (Phi) is 6.09. The largest absolute Gasteiger partial charge is 0.409 e. The van der Waals surface area contributed by atoms with E-state index in [9.17, 15) is 0 Å². The van der Waals surface area contributed by atoms with Crippen LogP contribution in [0.2, 0.25) is 0 Å². The molecule has 0 fully saturated rings. The zero-order chi connectivity index (χ0) is 12.5. The molecule has 6 nitrogen and oxygen atoms in total. The van der Waals surface area contributed by atoms with Gasteiger partial charge in [0.05, 0.1) is 6.20 Å². The molecule has 0 aromatic carbocycles. The highest BCUT2D eigenvalue weighted by molar-refractivity contribution is 5.79. The molecule has 0 unspecified atom stereocenters. The molecule has 0 aliphatic heterocycles. The van der Waals surface area contributed by atoms with Gasteiger partial charge in [0.2, 0.25) is 0 Å². The van der Waals surface area contributed by atoms with Crippen molar-refractivity contribution in [2.45, 2.75) is 25.7 Å². The van der Waals surface area contributed by atoms with Gasteiger partial charge in [-0.1, -0.05) is 5.16 Å². The van der Waals surface area contributed by atoms with Crippen molar-refractivity contribution in [3.8, 4) is 0 Å². The molecule has 0 aliphatic carbocycles. The van der Waals surface area contributed by atoms with E-state index in [0.717, 1.165) is 32.4 Å². The molecule has 4 N–H and O–H groups in total. The molecule has 17 heavy (non-hydrogen) atoms. The lowest BCUT2D eigenvalue weighted by Gasteiger charge is -2.03. The Hall–Kier alpha value is -1.56. The van der Waals surface area contributed by atoms with Crippen molar-refractivity contribution in [3.63, 3.8) is 0 Å². The minimum absolute atomic E-state index is 0.306. The summed E-state index contributed by atoms with van der Waals surface area (Å²) in [5.74, 6) is 0.306. The molecule has 6 heteroatoms. The fourth-order valence-electron chi connectivity index (χ4n) is 1.56. The SMILES string of the molecule is Cn1cc(CCNCCCC/C(N)=N/O)cn1. The Morgan fingerprint density at radius 1 is 1.53 bits per heavy atom. The van der Waals surface area contributed by atoms with Crippen molar-refractivity contribution in [2.75, 3.05) is 13.1 Å². The first-order valence-corrected chi connectivity index (χ1v) is 5.87. The van der Waals surface area contributed by atoms with Gasteiger partial charge in [-0.3, -0.25) is 4.68 Å². The molecule has 1 heterocycles. The number of oxime groups is 1. The van der Waals surface area contributed by atoms with Crippen LogP contribution >= 0.6 is 0 Å². The van der Waals surface area contributed by atoms with Crippen LogP contribution in [-0.4, -0.2) is 33.9 Å². The van der Waals surface area contributed by atoms with Crippen molar-refractivity contribution >= 4 is 5.84 Å². The summed E-state index contributed by atoms with van der Waals surface area (Å²) in [7, 11) is 1.92. The first kappa shape index (κ1) is 13.5. The minimum atomic E-state index is 0.306. The topological polar surface area (TPSA) is 88.5 Å². The third-order valence-electron chi connectivity index (χ3n) is 2.51. The number of rotatable bonds is 8. The minimum Gasteiger partial charge on any atom is -0.409 e. The molecule has 0 saturated heterocycles. The van der Waals surface area contributed by atoms with Crippen molar-refractivity contribution in [2.24, 2.45) is 17.9 Å². The number of unbranched alkanes of at least 4 members (excludes halogenated alkanes) is 1. The second kappa shape index (κ2) is 7.67. The molecule has 96 valence electrons. The maximum absolute atomic E-state index is 8.34. The lowest BCUT2D eigenvalue weighted by Crippen LogP contribution is -2.19. The van der Waals surface area contributed by atoms with E-state index in [-0.39, 0.29) is 0 Å². The number of hydrogen-bond donors (Lipinski definition) is 3. The number of nitrogens with zero attached hydrogens (tertiary/aromatic N) is 3. The van der Waals surface area contributed by atoms with E-state index < -0.39 is 0 Å². The molecule has 0 amide bonds. The third-order valence-corrected chi connectivity index (χ3v) is 2.51. The Balaban J connectivity index is 1.94. The summed E-state index contributed by atoms with van der Waals surface area (Å²) in [4.78, 5) is 0. The lowest BCUT2D eigenvalue weighted by atomic mass is 10.2.